The van der Waals surface area contributed by atoms with Crippen LogP contribution in [0.1, 0.15) is 24.2 Å². The van der Waals surface area contributed by atoms with E-state index in [9.17, 15) is 13.2 Å². The molecule has 0 aliphatic carbocycles. The number of aromatic nitrogens is 3. The van der Waals surface area contributed by atoms with Gasteiger partial charge >= 0.3 is 6.18 Å². The average molecular weight is 268 g/mol. The number of aryl methyl sites for hydroxylation is 2. The van der Waals surface area contributed by atoms with Gasteiger partial charge in [-0.25, -0.2) is 9.67 Å². The third kappa shape index (κ3) is 3.02. The zero-order valence-corrected chi connectivity index (χ0v) is 10.2. The smallest absolute Gasteiger partial charge is 0.246 e. The first-order valence-electron chi connectivity index (χ1n) is 5.72. The molecular formula is C12H11F3N4. The van der Waals surface area contributed by atoms with Crippen LogP contribution in [0.3, 0.4) is 0 Å². The molecule has 0 aromatic carbocycles. The number of hydrogen-bond donors (Lipinski definition) is 0. The van der Waals surface area contributed by atoms with Crippen LogP contribution in [-0.2, 0) is 6.54 Å². The molecule has 0 bridgehead atoms. The lowest BCUT2D eigenvalue weighted by Gasteiger charge is -2.06. The highest BCUT2D eigenvalue weighted by Crippen LogP contribution is 2.23. The van der Waals surface area contributed by atoms with E-state index in [1.807, 2.05) is 6.07 Å². The Morgan fingerprint density at radius 1 is 1.37 bits per heavy atom. The molecule has 2 rings (SSSR count). The molecule has 2 heterocycles. The normalized spacial score (nSPS) is 11.7. The second kappa shape index (κ2) is 4.88. The number of alkyl halides is 3. The van der Waals surface area contributed by atoms with E-state index in [1.54, 1.807) is 19.1 Å². The number of fused-ring (bicyclic) bond motifs is 1. The summed E-state index contributed by atoms with van der Waals surface area (Å²) in [5.41, 5.74) is 1.38. The fourth-order valence-corrected chi connectivity index (χ4v) is 1.81. The maximum absolute atomic E-state index is 12.1. The molecule has 7 heteroatoms. The van der Waals surface area contributed by atoms with Gasteiger partial charge in [0.15, 0.2) is 11.3 Å². The van der Waals surface area contributed by atoms with Crippen molar-refractivity contribution in [3.8, 4) is 6.07 Å². The predicted molar refractivity (Wildman–Crippen MR) is 62.3 cm³/mol. The lowest BCUT2D eigenvalue weighted by atomic mass is 10.2. The summed E-state index contributed by atoms with van der Waals surface area (Å²) < 4.78 is 37.7. The van der Waals surface area contributed by atoms with Crippen molar-refractivity contribution in [1.82, 2.24) is 14.8 Å². The largest absolute Gasteiger partial charge is 0.389 e. The fraction of sp³-hybridized carbons (Fsp3) is 0.417. The van der Waals surface area contributed by atoms with Gasteiger partial charge in [0.2, 0.25) is 0 Å². The lowest BCUT2D eigenvalue weighted by Crippen LogP contribution is -2.10. The molecule has 0 saturated carbocycles. The number of rotatable bonds is 3. The quantitative estimate of drug-likeness (QED) is 0.860. The van der Waals surface area contributed by atoms with Gasteiger partial charge in [-0.05, 0) is 25.5 Å². The van der Waals surface area contributed by atoms with Crippen molar-refractivity contribution < 1.29 is 13.2 Å². The van der Waals surface area contributed by atoms with Gasteiger partial charge in [0, 0.05) is 18.7 Å². The summed E-state index contributed by atoms with van der Waals surface area (Å²) in [5.74, 6) is 0. The second-order valence-corrected chi connectivity index (χ2v) is 4.23. The summed E-state index contributed by atoms with van der Waals surface area (Å²) in [6.45, 7) is 1.87. The molecule has 19 heavy (non-hydrogen) atoms. The first-order valence-corrected chi connectivity index (χ1v) is 5.72. The van der Waals surface area contributed by atoms with Crippen molar-refractivity contribution >= 4 is 11.0 Å². The first kappa shape index (κ1) is 13.3. The Morgan fingerprint density at radius 2 is 2.11 bits per heavy atom. The molecule has 0 unspecified atom stereocenters. The summed E-state index contributed by atoms with van der Waals surface area (Å²) in [6.07, 6.45) is -5.13. The highest BCUT2D eigenvalue weighted by molar-refractivity contribution is 5.80. The zero-order chi connectivity index (χ0) is 14.0. The lowest BCUT2D eigenvalue weighted by molar-refractivity contribution is -0.135. The molecule has 0 fully saturated rings. The molecule has 4 nitrogen and oxygen atoms in total. The molecule has 0 aliphatic heterocycles. The summed E-state index contributed by atoms with van der Waals surface area (Å²) in [5, 5.41) is 13.5. The van der Waals surface area contributed by atoms with Gasteiger partial charge in [0.25, 0.3) is 0 Å². The Labute approximate surface area is 107 Å². The minimum Gasteiger partial charge on any atom is -0.246 e. The summed E-state index contributed by atoms with van der Waals surface area (Å²) in [4.78, 5) is 4.23. The monoisotopic (exact) mass is 268 g/mol. The van der Waals surface area contributed by atoms with Crippen LogP contribution in [0, 0.1) is 18.3 Å². The highest BCUT2D eigenvalue weighted by atomic mass is 19.4. The molecule has 2 aromatic heterocycles. The van der Waals surface area contributed by atoms with Crippen LogP contribution in [0.5, 0.6) is 0 Å². The van der Waals surface area contributed by atoms with Crippen LogP contribution in [0.15, 0.2) is 12.1 Å². The summed E-state index contributed by atoms with van der Waals surface area (Å²) >= 11 is 0. The van der Waals surface area contributed by atoms with Crippen molar-refractivity contribution in [1.29, 1.82) is 5.26 Å². The van der Waals surface area contributed by atoms with Crippen molar-refractivity contribution in [2.75, 3.05) is 0 Å². The molecule has 0 saturated heterocycles. The Kier molecular flexibility index (Phi) is 3.42. The topological polar surface area (TPSA) is 54.5 Å². The van der Waals surface area contributed by atoms with Gasteiger partial charge in [-0.1, -0.05) is 0 Å². The van der Waals surface area contributed by atoms with Crippen LogP contribution in [-0.4, -0.2) is 20.9 Å². The van der Waals surface area contributed by atoms with Crippen LogP contribution in [0.4, 0.5) is 13.2 Å². The number of halogens is 3. The molecule has 0 radical (unpaired) electrons. The van der Waals surface area contributed by atoms with E-state index in [4.69, 9.17) is 5.26 Å². The van der Waals surface area contributed by atoms with Crippen molar-refractivity contribution in [3.63, 3.8) is 0 Å². The average Bonchev–Trinajstić information content (AvgIpc) is 2.65. The number of nitrogens with zero attached hydrogens (tertiary/aromatic N) is 4. The van der Waals surface area contributed by atoms with Crippen LogP contribution in [0.2, 0.25) is 0 Å². The van der Waals surface area contributed by atoms with Gasteiger partial charge in [0.1, 0.15) is 6.07 Å². The SMILES string of the molecule is Cc1ccc2c(C#N)nn(CCCC(F)(F)F)c2n1. The molecule has 2 aromatic rings. The molecule has 0 amide bonds. The van der Waals surface area contributed by atoms with Crippen molar-refractivity contribution in [2.24, 2.45) is 0 Å². The van der Waals surface area contributed by atoms with E-state index in [0.717, 1.165) is 5.69 Å². The van der Waals surface area contributed by atoms with E-state index >= 15 is 0 Å². The number of hydrogen-bond acceptors (Lipinski definition) is 3. The van der Waals surface area contributed by atoms with E-state index < -0.39 is 12.6 Å². The van der Waals surface area contributed by atoms with Crippen molar-refractivity contribution in [2.45, 2.75) is 32.5 Å². The fourth-order valence-electron chi connectivity index (χ4n) is 1.81. The van der Waals surface area contributed by atoms with Gasteiger partial charge in [-0.2, -0.15) is 23.5 Å². The molecule has 0 N–H and O–H groups in total. The maximum atomic E-state index is 12.1. The third-order valence-corrected chi connectivity index (χ3v) is 2.67. The van der Waals surface area contributed by atoms with Crippen LogP contribution < -0.4 is 0 Å². The zero-order valence-electron chi connectivity index (χ0n) is 10.2. The van der Waals surface area contributed by atoms with Gasteiger partial charge < -0.3 is 0 Å². The Balaban J connectivity index is 2.28. The van der Waals surface area contributed by atoms with Gasteiger partial charge in [-0.15, -0.1) is 0 Å². The standard InChI is InChI=1S/C12H11F3N4/c1-8-3-4-9-10(7-16)18-19(11(9)17-8)6-2-5-12(13,14)15/h3-4H,2,5-6H2,1H3. The number of pyridine rings is 1. The third-order valence-electron chi connectivity index (χ3n) is 2.67. The Hall–Kier alpha value is -2.10. The number of nitriles is 1. The van der Waals surface area contributed by atoms with Crippen LogP contribution >= 0.6 is 0 Å². The Bertz CT molecular complexity index is 637. The first-order chi connectivity index (χ1) is 8.90. The minimum absolute atomic E-state index is 0.0826. The molecule has 0 spiro atoms. The van der Waals surface area contributed by atoms with Gasteiger partial charge in [0.05, 0.1) is 5.39 Å². The summed E-state index contributed by atoms with van der Waals surface area (Å²) in [7, 11) is 0. The second-order valence-electron chi connectivity index (χ2n) is 4.23. The molecule has 0 aliphatic rings. The maximum Gasteiger partial charge on any atom is 0.389 e. The minimum atomic E-state index is -4.18. The van der Waals surface area contributed by atoms with Crippen molar-refractivity contribution in [3.05, 3.63) is 23.5 Å². The van der Waals surface area contributed by atoms with Gasteiger partial charge in [-0.3, -0.25) is 0 Å². The van der Waals surface area contributed by atoms with E-state index in [1.165, 1.54) is 4.68 Å². The Morgan fingerprint density at radius 3 is 2.74 bits per heavy atom. The molecule has 0 atom stereocenters. The van der Waals surface area contributed by atoms with Crippen LogP contribution in [0.25, 0.3) is 11.0 Å². The molecule has 100 valence electrons. The van der Waals surface area contributed by atoms with E-state index in [2.05, 4.69) is 10.1 Å². The highest BCUT2D eigenvalue weighted by Gasteiger charge is 2.26. The summed E-state index contributed by atoms with van der Waals surface area (Å²) in [6, 6.07) is 5.38. The predicted octanol–water partition coefficient (Wildman–Crippen LogP) is 2.95. The molecular weight excluding hydrogens is 257 g/mol. The van der Waals surface area contributed by atoms with E-state index in [-0.39, 0.29) is 18.7 Å². The van der Waals surface area contributed by atoms with E-state index in [0.29, 0.717) is 11.0 Å².